The lowest BCUT2D eigenvalue weighted by atomic mass is 10.1. The van der Waals surface area contributed by atoms with E-state index >= 15 is 0 Å². The van der Waals surface area contributed by atoms with E-state index < -0.39 is 40.4 Å². The van der Waals surface area contributed by atoms with Gasteiger partial charge in [0.1, 0.15) is 29.1 Å². The van der Waals surface area contributed by atoms with E-state index in [4.69, 9.17) is 16.2 Å². The summed E-state index contributed by atoms with van der Waals surface area (Å²) < 4.78 is 56.3. The number of Topliss-reactive ketones (excluding diaryl/α,β-unsaturated/α-hetero) is 1. The molecule has 0 saturated carbocycles. The van der Waals surface area contributed by atoms with Crippen molar-refractivity contribution in [3.05, 3.63) is 58.7 Å². The van der Waals surface area contributed by atoms with Crippen LogP contribution in [0.15, 0.2) is 24.3 Å². The maximum atomic E-state index is 13.1. The molecule has 0 aromatic heterocycles. The van der Waals surface area contributed by atoms with Crippen molar-refractivity contribution >= 4 is 33.1 Å². The van der Waals surface area contributed by atoms with E-state index in [9.17, 15) is 22.4 Å². The largest absolute Gasteiger partial charge is 0.394 e. The second kappa shape index (κ2) is 7.83. The predicted octanol–water partition coefficient (Wildman–Crippen LogP) is 3.74. The average molecular weight is 421 g/mol. The van der Waals surface area contributed by atoms with E-state index in [1.165, 1.54) is 6.07 Å². The van der Waals surface area contributed by atoms with E-state index in [2.05, 4.69) is 15.9 Å². The molecule has 134 valence electrons. The molecule has 0 radical (unpaired) electrons. The molecule has 0 aliphatic carbocycles. The Morgan fingerprint density at radius 1 is 1.04 bits per heavy atom. The molecule has 2 aromatic carbocycles. The highest BCUT2D eigenvalue weighted by molar-refractivity contribution is 9.09. The van der Waals surface area contributed by atoms with Crippen LogP contribution in [-0.4, -0.2) is 17.7 Å². The molecule has 0 bridgehead atoms. The molecule has 1 fully saturated rings. The van der Waals surface area contributed by atoms with E-state index in [1.807, 2.05) is 0 Å². The van der Waals surface area contributed by atoms with Crippen LogP contribution < -0.4 is 11.5 Å². The van der Waals surface area contributed by atoms with Gasteiger partial charge in [-0.05, 0) is 18.2 Å². The van der Waals surface area contributed by atoms with Crippen molar-refractivity contribution in [1.82, 2.24) is 0 Å². The van der Waals surface area contributed by atoms with Crippen LogP contribution in [0.3, 0.4) is 0 Å². The van der Waals surface area contributed by atoms with Crippen LogP contribution in [0.4, 0.5) is 28.9 Å². The minimum atomic E-state index is -0.996. The van der Waals surface area contributed by atoms with Crippen molar-refractivity contribution < 1.29 is 27.1 Å². The number of nitrogens with two attached hydrogens (primary N) is 2. The fourth-order valence-electron chi connectivity index (χ4n) is 1.92. The van der Waals surface area contributed by atoms with Gasteiger partial charge in [-0.3, -0.25) is 4.79 Å². The van der Waals surface area contributed by atoms with Gasteiger partial charge < -0.3 is 16.2 Å². The summed E-state index contributed by atoms with van der Waals surface area (Å²) in [5.74, 6) is -3.74. The van der Waals surface area contributed by atoms with Crippen molar-refractivity contribution in [2.24, 2.45) is 0 Å². The second-order valence-electron chi connectivity index (χ2n) is 5.07. The first-order chi connectivity index (χ1) is 11.8. The minimum Gasteiger partial charge on any atom is -0.394 e. The number of rotatable bonds is 3. The number of epoxide rings is 1. The van der Waals surface area contributed by atoms with Crippen LogP contribution in [0.25, 0.3) is 0 Å². The first-order valence-electron chi connectivity index (χ1n) is 6.95. The van der Waals surface area contributed by atoms with Crippen molar-refractivity contribution in [1.29, 1.82) is 0 Å². The van der Waals surface area contributed by atoms with Gasteiger partial charge in [0, 0.05) is 5.56 Å². The van der Waals surface area contributed by atoms with Crippen molar-refractivity contribution in [3.8, 4) is 0 Å². The Labute approximate surface area is 148 Å². The quantitative estimate of drug-likeness (QED) is 0.260. The predicted molar refractivity (Wildman–Crippen MR) is 88.4 cm³/mol. The Hall–Kier alpha value is -2.13. The van der Waals surface area contributed by atoms with Gasteiger partial charge in [0.25, 0.3) is 0 Å². The van der Waals surface area contributed by atoms with Gasteiger partial charge in [-0.1, -0.05) is 22.0 Å². The summed E-state index contributed by atoms with van der Waals surface area (Å²) in [6.45, 7) is 0.488. The Morgan fingerprint density at radius 2 is 1.56 bits per heavy atom. The summed E-state index contributed by atoms with van der Waals surface area (Å²) in [7, 11) is 0. The zero-order chi connectivity index (χ0) is 18.7. The molecular formula is C16H13BrF4N2O2. The van der Waals surface area contributed by atoms with Crippen LogP contribution in [0, 0.1) is 23.3 Å². The number of halogens is 5. The molecule has 1 aliphatic rings. The Kier molecular flexibility index (Phi) is 6.02. The molecule has 1 saturated heterocycles. The third kappa shape index (κ3) is 4.29. The normalized spacial score (nSPS) is 15.3. The summed E-state index contributed by atoms with van der Waals surface area (Å²) in [4.78, 5) is 11.0. The SMILES string of the molecule is Nc1c(F)ccc(C(=O)CBr)c1F.Nc1c(F)ccc(C2CO2)c1F. The molecule has 0 spiro atoms. The van der Waals surface area contributed by atoms with Crippen LogP contribution in [0.5, 0.6) is 0 Å². The molecule has 4 N–H and O–H groups in total. The topological polar surface area (TPSA) is 81.6 Å². The lowest BCUT2D eigenvalue weighted by Gasteiger charge is -2.03. The smallest absolute Gasteiger partial charge is 0.176 e. The number of anilines is 2. The molecule has 1 aliphatic heterocycles. The lowest BCUT2D eigenvalue weighted by Crippen LogP contribution is -2.07. The van der Waals surface area contributed by atoms with E-state index in [0.717, 1.165) is 18.2 Å². The van der Waals surface area contributed by atoms with Crippen LogP contribution in [-0.2, 0) is 4.74 Å². The molecule has 25 heavy (non-hydrogen) atoms. The third-order valence-corrected chi connectivity index (χ3v) is 3.89. The van der Waals surface area contributed by atoms with Crippen molar-refractivity contribution in [2.45, 2.75) is 6.10 Å². The van der Waals surface area contributed by atoms with Crippen molar-refractivity contribution in [3.63, 3.8) is 0 Å². The number of ether oxygens (including phenoxy) is 1. The number of benzene rings is 2. The number of hydrogen-bond acceptors (Lipinski definition) is 4. The monoisotopic (exact) mass is 420 g/mol. The van der Waals surface area contributed by atoms with Gasteiger partial charge >= 0.3 is 0 Å². The maximum absolute atomic E-state index is 13.1. The summed E-state index contributed by atoms with van der Waals surface area (Å²) in [5.41, 5.74) is 9.30. The minimum absolute atomic E-state index is 0.0189. The Morgan fingerprint density at radius 3 is 2.08 bits per heavy atom. The highest BCUT2D eigenvalue weighted by atomic mass is 79.9. The summed E-state index contributed by atoms with van der Waals surface area (Å²) in [6.07, 6.45) is -0.229. The number of ketones is 1. The molecule has 1 atom stereocenters. The first-order valence-corrected chi connectivity index (χ1v) is 8.07. The highest BCUT2D eigenvalue weighted by Crippen LogP contribution is 2.34. The van der Waals surface area contributed by atoms with E-state index in [0.29, 0.717) is 12.2 Å². The molecule has 4 nitrogen and oxygen atoms in total. The van der Waals surface area contributed by atoms with Crippen molar-refractivity contribution in [2.75, 3.05) is 23.4 Å². The number of nitrogen functional groups attached to an aromatic ring is 2. The fraction of sp³-hybridized carbons (Fsp3) is 0.188. The molecule has 2 aromatic rings. The Bertz CT molecular complexity index is 813. The fourth-order valence-corrected chi connectivity index (χ4v) is 2.22. The van der Waals surface area contributed by atoms with E-state index in [1.54, 1.807) is 0 Å². The molecule has 0 amide bonds. The second-order valence-corrected chi connectivity index (χ2v) is 5.63. The van der Waals surface area contributed by atoms with Gasteiger partial charge in [-0.2, -0.15) is 0 Å². The molecule has 9 heteroatoms. The molecule has 1 unspecified atom stereocenters. The molecule has 3 rings (SSSR count). The highest BCUT2D eigenvalue weighted by Gasteiger charge is 2.29. The number of alkyl halides is 1. The standard InChI is InChI=1S/C8H6BrF2NO.C8H7F2NO/c9-3-6(13)4-1-2-5(10)8(12)7(4)11;9-5-2-1-4(6-3-12-6)7(10)8(5)11/h1-2H,3,12H2;1-2,6H,3,11H2. The first kappa shape index (κ1) is 19.2. The Balaban J connectivity index is 0.000000181. The number of carbonyl (C=O) groups excluding carboxylic acids is 1. The third-order valence-electron chi connectivity index (χ3n) is 3.38. The van der Waals surface area contributed by atoms with Gasteiger partial charge in [-0.25, -0.2) is 17.6 Å². The van der Waals surface area contributed by atoms with Crippen LogP contribution in [0.2, 0.25) is 0 Å². The van der Waals surface area contributed by atoms with Gasteiger partial charge in [0.05, 0.1) is 17.5 Å². The van der Waals surface area contributed by atoms with Crippen LogP contribution in [0.1, 0.15) is 22.0 Å². The van der Waals surface area contributed by atoms with Gasteiger partial charge in [-0.15, -0.1) is 0 Å². The number of carbonyl (C=O) groups is 1. The summed E-state index contributed by atoms with van der Waals surface area (Å²) in [5, 5.41) is -0.0189. The van der Waals surface area contributed by atoms with Crippen LogP contribution >= 0.6 is 15.9 Å². The van der Waals surface area contributed by atoms with Gasteiger partial charge in [0.15, 0.2) is 17.4 Å². The molecular weight excluding hydrogens is 408 g/mol. The lowest BCUT2D eigenvalue weighted by molar-refractivity contribution is 0.102. The average Bonchev–Trinajstić information content (AvgIpc) is 3.43. The zero-order valence-electron chi connectivity index (χ0n) is 12.7. The number of hydrogen-bond donors (Lipinski definition) is 2. The summed E-state index contributed by atoms with van der Waals surface area (Å²) in [6, 6.07) is 4.55. The zero-order valence-corrected chi connectivity index (χ0v) is 14.2. The molecule has 1 heterocycles. The van der Waals surface area contributed by atoms with E-state index in [-0.39, 0.29) is 17.0 Å². The maximum Gasteiger partial charge on any atom is 0.176 e. The summed E-state index contributed by atoms with van der Waals surface area (Å²) >= 11 is 2.88. The van der Waals surface area contributed by atoms with Gasteiger partial charge in [0.2, 0.25) is 0 Å².